The number of hydrogen-bond acceptors (Lipinski definition) is 4. The second kappa shape index (κ2) is 6.57. The molecule has 1 unspecified atom stereocenters. The Morgan fingerprint density at radius 3 is 2.63 bits per heavy atom. The molecule has 0 aromatic heterocycles. The van der Waals surface area contributed by atoms with E-state index < -0.39 is 0 Å². The number of nitrogens with zero attached hydrogens (tertiary/aromatic N) is 1. The lowest BCUT2D eigenvalue weighted by Gasteiger charge is -2.17. The fourth-order valence-electron chi connectivity index (χ4n) is 2.31. The van der Waals surface area contributed by atoms with Crippen LogP contribution in [0.15, 0.2) is 24.3 Å². The van der Waals surface area contributed by atoms with E-state index in [0.29, 0.717) is 5.56 Å². The van der Waals surface area contributed by atoms with E-state index in [4.69, 9.17) is 4.74 Å². The molecule has 0 bridgehead atoms. The zero-order valence-corrected chi connectivity index (χ0v) is 11.6. The third-order valence-electron chi connectivity index (χ3n) is 3.48. The molecule has 1 aliphatic rings. The van der Waals surface area contributed by atoms with Crippen LogP contribution in [0.4, 0.5) is 0 Å². The molecule has 0 N–H and O–H groups in total. The molecule has 104 valence electrons. The highest BCUT2D eigenvalue weighted by atomic mass is 16.5. The van der Waals surface area contributed by atoms with Crippen LogP contribution in [0.3, 0.4) is 0 Å². The van der Waals surface area contributed by atoms with Crippen molar-refractivity contribution in [1.29, 1.82) is 0 Å². The van der Waals surface area contributed by atoms with Gasteiger partial charge in [-0.15, -0.1) is 0 Å². The number of carbonyl (C=O) groups excluding carboxylic acids is 1. The molecule has 19 heavy (non-hydrogen) atoms. The number of likely N-dealkylation sites (tertiary alicyclic amines) is 1. The van der Waals surface area contributed by atoms with E-state index in [-0.39, 0.29) is 12.1 Å². The minimum atomic E-state index is -0.317. The number of esters is 1. The maximum absolute atomic E-state index is 11.3. The number of methoxy groups -OCH3 is 1. The van der Waals surface area contributed by atoms with Crippen LogP contribution in [0, 0.1) is 0 Å². The summed E-state index contributed by atoms with van der Waals surface area (Å²) in [4.78, 5) is 13.7. The lowest BCUT2D eigenvalue weighted by atomic mass is 10.1. The van der Waals surface area contributed by atoms with Gasteiger partial charge in [0.05, 0.1) is 18.8 Å². The molecule has 1 heterocycles. The minimum absolute atomic E-state index is 0.272. The van der Waals surface area contributed by atoms with Crippen LogP contribution in [-0.2, 0) is 4.74 Å². The van der Waals surface area contributed by atoms with Gasteiger partial charge in [-0.1, -0.05) is 0 Å². The molecule has 1 atom stereocenters. The first-order valence-electron chi connectivity index (χ1n) is 6.72. The van der Waals surface area contributed by atoms with E-state index in [1.54, 1.807) is 12.1 Å². The zero-order chi connectivity index (χ0) is 13.7. The molecule has 1 aromatic rings. The van der Waals surface area contributed by atoms with Crippen LogP contribution in [0.25, 0.3) is 0 Å². The standard InChI is InChI=1S/C15H21NO3/c1-16-10-3-4-13(9-11-16)19-14-7-5-12(6-8-14)15(17)18-2/h5-8,13H,3-4,9-11H2,1-2H3. The van der Waals surface area contributed by atoms with Gasteiger partial charge >= 0.3 is 5.97 Å². The number of rotatable bonds is 3. The van der Waals surface area contributed by atoms with E-state index in [0.717, 1.165) is 31.7 Å². The summed E-state index contributed by atoms with van der Waals surface area (Å²) < 4.78 is 10.6. The first-order valence-corrected chi connectivity index (χ1v) is 6.72. The topological polar surface area (TPSA) is 38.8 Å². The van der Waals surface area contributed by atoms with Gasteiger partial charge in [-0.25, -0.2) is 4.79 Å². The Labute approximate surface area is 114 Å². The van der Waals surface area contributed by atoms with Crippen molar-refractivity contribution in [3.63, 3.8) is 0 Å². The molecule has 0 amide bonds. The van der Waals surface area contributed by atoms with Crippen LogP contribution in [0.2, 0.25) is 0 Å². The maximum atomic E-state index is 11.3. The molecule has 1 aromatic carbocycles. The van der Waals surface area contributed by atoms with Crippen LogP contribution < -0.4 is 4.74 Å². The average molecular weight is 263 g/mol. The minimum Gasteiger partial charge on any atom is -0.490 e. The van der Waals surface area contributed by atoms with Crippen LogP contribution in [0.1, 0.15) is 29.6 Å². The highest BCUT2D eigenvalue weighted by molar-refractivity contribution is 5.89. The molecule has 1 fully saturated rings. The Morgan fingerprint density at radius 1 is 1.21 bits per heavy atom. The SMILES string of the molecule is COC(=O)c1ccc(OC2CCCN(C)CC2)cc1. The number of benzene rings is 1. The molecule has 0 spiro atoms. The summed E-state index contributed by atoms with van der Waals surface area (Å²) in [7, 11) is 3.53. The van der Waals surface area contributed by atoms with Crippen molar-refractivity contribution in [3.05, 3.63) is 29.8 Å². The van der Waals surface area contributed by atoms with E-state index in [9.17, 15) is 4.79 Å². The van der Waals surface area contributed by atoms with Gasteiger partial charge in [-0.05, 0) is 57.1 Å². The molecule has 1 saturated heterocycles. The Kier molecular flexibility index (Phi) is 4.80. The Hall–Kier alpha value is -1.55. The van der Waals surface area contributed by atoms with Crippen molar-refractivity contribution >= 4 is 5.97 Å². The molecule has 4 heteroatoms. The van der Waals surface area contributed by atoms with Gasteiger partial charge in [-0.3, -0.25) is 0 Å². The summed E-state index contributed by atoms with van der Waals surface area (Å²) in [5, 5.41) is 0. The quantitative estimate of drug-likeness (QED) is 0.785. The normalized spacial score (nSPS) is 20.6. The summed E-state index contributed by atoms with van der Waals surface area (Å²) in [6.45, 7) is 2.21. The fourth-order valence-corrected chi connectivity index (χ4v) is 2.31. The predicted octanol–water partition coefficient (Wildman–Crippen LogP) is 2.34. The van der Waals surface area contributed by atoms with Gasteiger partial charge in [0.1, 0.15) is 5.75 Å². The first-order chi connectivity index (χ1) is 9.19. The van der Waals surface area contributed by atoms with Crippen molar-refractivity contribution in [2.24, 2.45) is 0 Å². The van der Waals surface area contributed by atoms with Gasteiger partial charge in [0, 0.05) is 6.54 Å². The van der Waals surface area contributed by atoms with Crippen molar-refractivity contribution in [2.75, 3.05) is 27.2 Å². The second-order valence-corrected chi connectivity index (χ2v) is 4.99. The second-order valence-electron chi connectivity index (χ2n) is 4.99. The first kappa shape index (κ1) is 13.9. The molecule has 0 aliphatic carbocycles. The van der Waals surface area contributed by atoms with Gasteiger partial charge in [-0.2, -0.15) is 0 Å². The number of carbonyl (C=O) groups is 1. The van der Waals surface area contributed by atoms with Crippen molar-refractivity contribution < 1.29 is 14.3 Å². The highest BCUT2D eigenvalue weighted by Crippen LogP contribution is 2.19. The summed E-state index contributed by atoms with van der Waals surface area (Å²) in [6.07, 6.45) is 3.58. The van der Waals surface area contributed by atoms with E-state index in [1.807, 2.05) is 12.1 Å². The highest BCUT2D eigenvalue weighted by Gasteiger charge is 2.16. The fraction of sp³-hybridized carbons (Fsp3) is 0.533. The van der Waals surface area contributed by atoms with E-state index in [2.05, 4.69) is 16.7 Å². The molecule has 0 saturated carbocycles. The van der Waals surface area contributed by atoms with Gasteiger partial charge in [0.2, 0.25) is 0 Å². The van der Waals surface area contributed by atoms with Crippen molar-refractivity contribution in [2.45, 2.75) is 25.4 Å². The Morgan fingerprint density at radius 2 is 1.95 bits per heavy atom. The molecule has 4 nitrogen and oxygen atoms in total. The lowest BCUT2D eigenvalue weighted by molar-refractivity contribution is 0.0600. The smallest absolute Gasteiger partial charge is 0.337 e. The van der Waals surface area contributed by atoms with Gasteiger partial charge < -0.3 is 14.4 Å². The number of hydrogen-bond donors (Lipinski definition) is 0. The monoisotopic (exact) mass is 263 g/mol. The summed E-state index contributed by atoms with van der Waals surface area (Å²) in [5.41, 5.74) is 0.551. The van der Waals surface area contributed by atoms with E-state index in [1.165, 1.54) is 13.5 Å². The van der Waals surface area contributed by atoms with Gasteiger partial charge in [0.15, 0.2) is 0 Å². The molecule has 1 aliphatic heterocycles. The summed E-state index contributed by atoms with van der Waals surface area (Å²) in [5.74, 6) is 0.504. The number of ether oxygens (including phenoxy) is 2. The van der Waals surface area contributed by atoms with Crippen LogP contribution in [-0.4, -0.2) is 44.2 Å². The lowest BCUT2D eigenvalue weighted by Crippen LogP contribution is -2.21. The molecular weight excluding hydrogens is 242 g/mol. The van der Waals surface area contributed by atoms with Crippen LogP contribution in [0.5, 0.6) is 5.75 Å². The maximum Gasteiger partial charge on any atom is 0.337 e. The summed E-state index contributed by atoms with van der Waals surface area (Å²) >= 11 is 0. The third-order valence-corrected chi connectivity index (χ3v) is 3.48. The van der Waals surface area contributed by atoms with Gasteiger partial charge in [0.25, 0.3) is 0 Å². The largest absolute Gasteiger partial charge is 0.490 e. The molecular formula is C15H21NO3. The molecule has 0 radical (unpaired) electrons. The van der Waals surface area contributed by atoms with Crippen LogP contribution >= 0.6 is 0 Å². The predicted molar refractivity (Wildman–Crippen MR) is 73.5 cm³/mol. The third kappa shape index (κ3) is 3.96. The van der Waals surface area contributed by atoms with E-state index >= 15 is 0 Å². The Bertz CT molecular complexity index is 416. The zero-order valence-electron chi connectivity index (χ0n) is 11.6. The molecule has 2 rings (SSSR count). The average Bonchev–Trinajstić information content (AvgIpc) is 2.64. The van der Waals surface area contributed by atoms with Crippen molar-refractivity contribution in [1.82, 2.24) is 4.90 Å². The Balaban J connectivity index is 1.93. The summed E-state index contributed by atoms with van der Waals surface area (Å²) in [6, 6.07) is 7.15. The van der Waals surface area contributed by atoms with Crippen molar-refractivity contribution in [3.8, 4) is 5.75 Å².